The van der Waals surface area contributed by atoms with Gasteiger partial charge in [-0.05, 0) is 62.4 Å². The maximum atomic E-state index is 13.5. The van der Waals surface area contributed by atoms with E-state index in [4.69, 9.17) is 14.7 Å². The number of nitrogens with zero attached hydrogens (tertiary/aromatic N) is 1. The number of hydrazine groups is 1. The van der Waals surface area contributed by atoms with E-state index in [0.717, 1.165) is 47.2 Å². The Morgan fingerprint density at radius 3 is 2.00 bits per heavy atom. The van der Waals surface area contributed by atoms with Crippen LogP contribution in [-0.4, -0.2) is 49.2 Å². The summed E-state index contributed by atoms with van der Waals surface area (Å²) in [6, 6.07) is 12.8. The summed E-state index contributed by atoms with van der Waals surface area (Å²) in [6.45, 7) is 5.12. The molecule has 0 aromatic heterocycles. The summed E-state index contributed by atoms with van der Waals surface area (Å²) in [5, 5.41) is 1.06. The molecule has 11 heteroatoms. The topological polar surface area (TPSA) is 145 Å². The molecule has 0 bridgehead atoms. The average molecular weight is 560 g/mol. The van der Waals surface area contributed by atoms with Gasteiger partial charge < -0.3 is 14.7 Å². The second-order valence-corrected chi connectivity index (χ2v) is 12.4. The fourth-order valence-corrected chi connectivity index (χ4v) is 4.95. The number of amides is 3. The number of benzene rings is 2. The Balaban J connectivity index is 1.80. The van der Waals surface area contributed by atoms with Crippen molar-refractivity contribution in [2.75, 3.05) is 6.26 Å². The first-order valence-electron chi connectivity index (χ1n) is 12.9. The summed E-state index contributed by atoms with van der Waals surface area (Å²) in [5.41, 5.74) is 9.86. The van der Waals surface area contributed by atoms with Gasteiger partial charge in [0.05, 0.1) is 6.26 Å². The Hall–Kier alpha value is -3.60. The summed E-state index contributed by atoms with van der Waals surface area (Å²) >= 11 is 0. The maximum Gasteiger partial charge on any atom is 0.426 e. The van der Waals surface area contributed by atoms with Crippen LogP contribution in [0.25, 0.3) is 11.1 Å². The van der Waals surface area contributed by atoms with Crippen molar-refractivity contribution in [2.45, 2.75) is 70.9 Å². The van der Waals surface area contributed by atoms with Gasteiger partial charge in [-0.25, -0.2) is 15.2 Å². The molecule has 3 amide bonds. The standard InChI is InChI=1S/C28H37N3O7S/c1-28(2,3)37-27(34)30-31(26(33)22-8-6-5-7-9-22)24(25(29)32)18-19-10-12-20(13-11-19)21-14-16-23(17-15-21)38-39(4,35)36/h10-17,22,24H,5-9,18H2,1-4H3,(H2,29,32)(H,30,34)/t24-/m0/s1. The van der Waals surface area contributed by atoms with Crippen molar-refractivity contribution in [3.05, 3.63) is 54.1 Å². The van der Waals surface area contributed by atoms with E-state index in [1.54, 1.807) is 45.0 Å². The number of rotatable bonds is 8. The van der Waals surface area contributed by atoms with E-state index in [1.165, 1.54) is 0 Å². The highest BCUT2D eigenvalue weighted by Crippen LogP contribution is 2.27. The largest absolute Gasteiger partial charge is 0.443 e. The number of carbonyl (C=O) groups excluding carboxylic acids is 3. The van der Waals surface area contributed by atoms with E-state index >= 15 is 0 Å². The molecule has 1 aliphatic carbocycles. The van der Waals surface area contributed by atoms with E-state index in [1.807, 2.05) is 24.3 Å². The van der Waals surface area contributed by atoms with Crippen LogP contribution < -0.4 is 15.3 Å². The molecule has 2 aromatic rings. The number of nitrogens with one attached hydrogen (secondary N) is 1. The van der Waals surface area contributed by atoms with E-state index in [-0.39, 0.29) is 24.0 Å². The van der Waals surface area contributed by atoms with Gasteiger partial charge in [-0.15, -0.1) is 0 Å². The lowest BCUT2D eigenvalue weighted by Crippen LogP contribution is -2.59. The number of hydrogen-bond acceptors (Lipinski definition) is 7. The molecule has 212 valence electrons. The zero-order valence-electron chi connectivity index (χ0n) is 22.8. The fraction of sp³-hybridized carbons (Fsp3) is 0.464. The predicted molar refractivity (Wildman–Crippen MR) is 147 cm³/mol. The molecule has 2 aromatic carbocycles. The molecule has 10 nitrogen and oxygen atoms in total. The third kappa shape index (κ3) is 9.27. The third-order valence-electron chi connectivity index (χ3n) is 6.26. The quantitative estimate of drug-likeness (QED) is 0.368. The molecule has 0 unspecified atom stereocenters. The van der Waals surface area contributed by atoms with Crippen LogP contribution in [0.15, 0.2) is 48.5 Å². The van der Waals surface area contributed by atoms with Gasteiger partial charge in [-0.1, -0.05) is 55.7 Å². The van der Waals surface area contributed by atoms with Crippen LogP contribution in [0.1, 0.15) is 58.4 Å². The number of nitrogens with two attached hydrogens (primary N) is 1. The van der Waals surface area contributed by atoms with Crippen molar-refractivity contribution in [3.8, 4) is 16.9 Å². The van der Waals surface area contributed by atoms with Gasteiger partial charge in [0.15, 0.2) is 0 Å². The lowest BCUT2D eigenvalue weighted by molar-refractivity contribution is -0.147. The van der Waals surface area contributed by atoms with Crippen molar-refractivity contribution >= 4 is 28.0 Å². The summed E-state index contributed by atoms with van der Waals surface area (Å²) in [4.78, 5) is 38.7. The monoisotopic (exact) mass is 559 g/mol. The molecule has 0 radical (unpaired) electrons. The lowest BCUT2D eigenvalue weighted by atomic mass is 9.88. The normalized spacial score (nSPS) is 15.2. The zero-order chi connectivity index (χ0) is 28.8. The molecule has 0 heterocycles. The van der Waals surface area contributed by atoms with Crippen LogP contribution >= 0.6 is 0 Å². The molecule has 3 rings (SSSR count). The molecule has 3 N–H and O–H groups in total. The van der Waals surface area contributed by atoms with E-state index in [9.17, 15) is 22.8 Å². The van der Waals surface area contributed by atoms with E-state index in [0.29, 0.717) is 12.8 Å². The smallest absolute Gasteiger partial charge is 0.426 e. The molecular weight excluding hydrogens is 522 g/mol. The van der Waals surface area contributed by atoms with E-state index in [2.05, 4.69) is 5.43 Å². The summed E-state index contributed by atoms with van der Waals surface area (Å²) < 4.78 is 32.9. The Kier molecular flexibility index (Phi) is 9.60. The zero-order valence-corrected chi connectivity index (χ0v) is 23.6. The highest BCUT2D eigenvalue weighted by atomic mass is 32.2. The summed E-state index contributed by atoms with van der Waals surface area (Å²) in [5.74, 6) is -1.20. The van der Waals surface area contributed by atoms with Gasteiger partial charge in [-0.2, -0.15) is 8.42 Å². The van der Waals surface area contributed by atoms with E-state index < -0.39 is 33.8 Å². The Morgan fingerprint density at radius 2 is 1.51 bits per heavy atom. The predicted octanol–water partition coefficient (Wildman–Crippen LogP) is 3.94. The van der Waals surface area contributed by atoms with Crippen LogP contribution in [0, 0.1) is 5.92 Å². The molecule has 1 aliphatic rings. The van der Waals surface area contributed by atoms with Gasteiger partial charge in [0, 0.05) is 12.3 Å². The molecule has 0 aliphatic heterocycles. The minimum absolute atomic E-state index is 0.0883. The average Bonchev–Trinajstić information content (AvgIpc) is 2.85. The number of ether oxygens (including phenoxy) is 1. The number of carbonyl (C=O) groups is 3. The SMILES string of the molecule is CC(C)(C)OC(=O)NN(C(=O)C1CCCCC1)[C@@H](Cc1ccc(-c2ccc(OS(C)(=O)=O)cc2)cc1)C(N)=O. The van der Waals surface area contributed by atoms with Crippen LogP contribution in [0.2, 0.25) is 0 Å². The van der Waals surface area contributed by atoms with Crippen LogP contribution in [0.5, 0.6) is 5.75 Å². The van der Waals surface area contributed by atoms with Gasteiger partial charge in [-0.3, -0.25) is 9.59 Å². The maximum absolute atomic E-state index is 13.5. The van der Waals surface area contributed by atoms with Crippen molar-refractivity contribution in [2.24, 2.45) is 11.7 Å². The minimum atomic E-state index is -3.62. The van der Waals surface area contributed by atoms with Gasteiger partial charge in [0.2, 0.25) is 11.8 Å². The van der Waals surface area contributed by atoms with Crippen LogP contribution in [0.4, 0.5) is 4.79 Å². The van der Waals surface area contributed by atoms with Crippen molar-refractivity contribution in [1.29, 1.82) is 0 Å². The second-order valence-electron chi connectivity index (χ2n) is 10.8. The van der Waals surface area contributed by atoms with Crippen molar-refractivity contribution in [3.63, 3.8) is 0 Å². The number of primary amides is 1. The molecular formula is C28H37N3O7S. The lowest BCUT2D eigenvalue weighted by Gasteiger charge is -2.34. The van der Waals surface area contributed by atoms with Gasteiger partial charge >= 0.3 is 16.2 Å². The molecule has 1 atom stereocenters. The number of hydrogen-bond donors (Lipinski definition) is 2. The minimum Gasteiger partial charge on any atom is -0.443 e. The Labute approximate surface area is 229 Å². The molecule has 0 saturated heterocycles. The van der Waals surface area contributed by atoms with Gasteiger partial charge in [0.1, 0.15) is 17.4 Å². The Bertz CT molecular complexity index is 1260. The first-order valence-corrected chi connectivity index (χ1v) is 14.7. The molecule has 39 heavy (non-hydrogen) atoms. The first kappa shape index (κ1) is 29.9. The Morgan fingerprint density at radius 1 is 0.974 bits per heavy atom. The van der Waals surface area contributed by atoms with Crippen LogP contribution in [-0.2, 0) is 30.9 Å². The second kappa shape index (κ2) is 12.5. The summed E-state index contributed by atoms with van der Waals surface area (Å²) in [7, 11) is -3.62. The fourth-order valence-electron chi connectivity index (χ4n) is 4.49. The van der Waals surface area contributed by atoms with Crippen molar-refractivity contribution in [1.82, 2.24) is 10.4 Å². The molecule has 1 fully saturated rings. The van der Waals surface area contributed by atoms with Crippen LogP contribution in [0.3, 0.4) is 0 Å². The molecule has 0 spiro atoms. The molecule has 1 saturated carbocycles. The third-order valence-corrected chi connectivity index (χ3v) is 6.76. The summed E-state index contributed by atoms with van der Waals surface area (Å²) in [6.07, 6.45) is 4.44. The van der Waals surface area contributed by atoms with Crippen molar-refractivity contribution < 1.29 is 31.7 Å². The first-order chi connectivity index (χ1) is 18.2. The van der Waals surface area contributed by atoms with Gasteiger partial charge in [0.25, 0.3) is 0 Å². The highest BCUT2D eigenvalue weighted by molar-refractivity contribution is 7.86. The highest BCUT2D eigenvalue weighted by Gasteiger charge is 2.35.